The predicted molar refractivity (Wildman–Crippen MR) is 134 cm³/mol. The maximum atomic E-state index is 11.9. The number of rotatable bonds is 10. The number of nitrogens with two attached hydrogens (primary N) is 1. The first-order chi connectivity index (χ1) is 15.6. The number of nitrogens with one attached hydrogen (secondary N) is 1. The van der Waals surface area contributed by atoms with Gasteiger partial charge in [-0.3, -0.25) is 9.59 Å². The van der Waals surface area contributed by atoms with E-state index in [-0.39, 0.29) is 6.54 Å². The zero-order valence-electron chi connectivity index (χ0n) is 18.3. The zero-order chi connectivity index (χ0) is 24.1. The van der Waals surface area contributed by atoms with Crippen LogP contribution >= 0.6 is 34.5 Å². The highest BCUT2D eigenvalue weighted by Crippen LogP contribution is 2.35. The molecule has 2 aromatic carbocycles. The number of carbonyl (C=O) groups excluding carboxylic acids is 1. The molecule has 1 amide bonds. The van der Waals surface area contributed by atoms with Crippen LogP contribution in [-0.2, 0) is 17.6 Å². The van der Waals surface area contributed by atoms with Crippen LogP contribution in [0.2, 0.25) is 10.0 Å². The van der Waals surface area contributed by atoms with E-state index in [0.717, 1.165) is 28.1 Å². The van der Waals surface area contributed by atoms with Gasteiger partial charge >= 0.3 is 5.97 Å². The van der Waals surface area contributed by atoms with Gasteiger partial charge in [-0.05, 0) is 48.6 Å². The molecule has 0 fully saturated rings. The van der Waals surface area contributed by atoms with E-state index >= 15 is 0 Å². The van der Waals surface area contributed by atoms with Crippen molar-refractivity contribution in [1.29, 1.82) is 0 Å². The van der Waals surface area contributed by atoms with E-state index in [2.05, 4.69) is 19.2 Å². The van der Waals surface area contributed by atoms with Crippen LogP contribution in [0, 0.1) is 11.8 Å². The summed E-state index contributed by atoms with van der Waals surface area (Å²) >= 11 is 13.8. The Morgan fingerprint density at radius 3 is 2.36 bits per heavy atom. The fraction of sp³-hybridized carbons (Fsp3) is 0.292. The number of thiazole rings is 1. The van der Waals surface area contributed by atoms with Gasteiger partial charge in [-0.15, -0.1) is 11.3 Å². The average molecular weight is 506 g/mol. The van der Waals surface area contributed by atoms with Gasteiger partial charge in [-0.1, -0.05) is 55.2 Å². The highest BCUT2D eigenvalue weighted by Gasteiger charge is 2.20. The van der Waals surface area contributed by atoms with Crippen molar-refractivity contribution in [1.82, 2.24) is 4.98 Å². The van der Waals surface area contributed by atoms with Crippen molar-refractivity contribution >= 4 is 51.5 Å². The summed E-state index contributed by atoms with van der Waals surface area (Å²) in [5, 5.41) is 14.5. The van der Waals surface area contributed by atoms with Crippen LogP contribution in [0.3, 0.4) is 0 Å². The van der Waals surface area contributed by atoms with E-state index in [1.807, 2.05) is 6.07 Å². The van der Waals surface area contributed by atoms with Gasteiger partial charge in [0, 0.05) is 22.5 Å². The maximum absolute atomic E-state index is 11.9. The van der Waals surface area contributed by atoms with Crippen molar-refractivity contribution in [3.8, 4) is 11.3 Å². The standard InChI is InChI=1S/C24H25Cl2N3O3S/c1-13(2)9-20-21(16-7-8-18(25)19(26)11-16)29-24(33-20)28-12-17(23(31)32)10-14-3-5-15(6-4-14)22(27)30/h3-8,11,13,17H,9-10,12H2,1-2H3,(H2,27,30)(H,28,29)(H,31,32). The molecule has 3 rings (SSSR count). The Hall–Kier alpha value is -2.61. The lowest BCUT2D eigenvalue weighted by Crippen LogP contribution is -2.25. The number of carboxylic acids is 1. The first-order valence-corrected chi connectivity index (χ1v) is 12.0. The fourth-order valence-electron chi connectivity index (χ4n) is 3.35. The molecule has 1 heterocycles. The van der Waals surface area contributed by atoms with Crippen LogP contribution < -0.4 is 11.1 Å². The van der Waals surface area contributed by atoms with Crippen LogP contribution in [0.25, 0.3) is 11.3 Å². The van der Waals surface area contributed by atoms with Crippen LogP contribution in [0.1, 0.15) is 34.6 Å². The SMILES string of the molecule is CC(C)Cc1sc(NCC(Cc2ccc(C(N)=O)cc2)C(=O)O)nc1-c1ccc(Cl)c(Cl)c1. The van der Waals surface area contributed by atoms with E-state index in [1.165, 1.54) is 11.3 Å². The number of amides is 1. The number of hydrogen-bond acceptors (Lipinski definition) is 5. The molecular weight excluding hydrogens is 481 g/mol. The topological polar surface area (TPSA) is 105 Å². The average Bonchev–Trinajstić information content (AvgIpc) is 3.15. The number of hydrogen-bond donors (Lipinski definition) is 3. The van der Waals surface area contributed by atoms with Crippen molar-refractivity contribution in [2.45, 2.75) is 26.7 Å². The Balaban J connectivity index is 1.77. The van der Waals surface area contributed by atoms with E-state index in [4.69, 9.17) is 33.9 Å². The molecule has 0 aliphatic heterocycles. The first-order valence-electron chi connectivity index (χ1n) is 10.4. The van der Waals surface area contributed by atoms with Crippen molar-refractivity contribution in [2.75, 3.05) is 11.9 Å². The molecule has 0 aliphatic carbocycles. The Morgan fingerprint density at radius 2 is 1.79 bits per heavy atom. The van der Waals surface area contributed by atoms with Crippen LogP contribution in [0.5, 0.6) is 0 Å². The molecule has 33 heavy (non-hydrogen) atoms. The summed E-state index contributed by atoms with van der Waals surface area (Å²) in [4.78, 5) is 28.9. The lowest BCUT2D eigenvalue weighted by molar-refractivity contribution is -0.141. The number of carboxylic acid groups (broad SMARTS) is 1. The number of aromatic nitrogens is 1. The second-order valence-electron chi connectivity index (χ2n) is 8.20. The molecule has 3 aromatic rings. The summed E-state index contributed by atoms with van der Waals surface area (Å²) in [5.41, 5.74) is 8.16. The Kier molecular flexibility index (Phi) is 8.35. The number of nitrogens with zero attached hydrogens (tertiary/aromatic N) is 1. The molecule has 1 aromatic heterocycles. The lowest BCUT2D eigenvalue weighted by atomic mass is 9.98. The van der Waals surface area contributed by atoms with Crippen molar-refractivity contribution in [3.05, 3.63) is 68.5 Å². The molecule has 1 unspecified atom stereocenters. The monoisotopic (exact) mass is 505 g/mol. The Morgan fingerprint density at radius 1 is 1.09 bits per heavy atom. The molecule has 0 aliphatic rings. The molecule has 174 valence electrons. The third-order valence-electron chi connectivity index (χ3n) is 5.05. The Labute approximate surface area is 206 Å². The van der Waals surface area contributed by atoms with Gasteiger partial charge in [0.1, 0.15) is 0 Å². The van der Waals surface area contributed by atoms with Crippen molar-refractivity contribution < 1.29 is 14.7 Å². The van der Waals surface area contributed by atoms with Gasteiger partial charge in [0.05, 0.1) is 21.7 Å². The van der Waals surface area contributed by atoms with Gasteiger partial charge in [0.2, 0.25) is 5.91 Å². The molecule has 9 heteroatoms. The summed E-state index contributed by atoms with van der Waals surface area (Å²) in [6.45, 7) is 4.48. The predicted octanol–water partition coefficient (Wildman–Crippen LogP) is 5.77. The fourth-order valence-corrected chi connectivity index (χ4v) is 4.85. The summed E-state index contributed by atoms with van der Waals surface area (Å²) in [7, 11) is 0. The van der Waals surface area contributed by atoms with Crippen LogP contribution in [0.4, 0.5) is 5.13 Å². The molecule has 0 radical (unpaired) electrons. The van der Waals surface area contributed by atoms with E-state index < -0.39 is 17.8 Å². The zero-order valence-corrected chi connectivity index (χ0v) is 20.6. The molecular formula is C24H25Cl2N3O3S. The summed E-state index contributed by atoms with van der Waals surface area (Å²) in [6, 6.07) is 12.1. The highest BCUT2D eigenvalue weighted by atomic mass is 35.5. The second kappa shape index (κ2) is 11.0. The van der Waals surface area contributed by atoms with E-state index in [1.54, 1.807) is 36.4 Å². The minimum absolute atomic E-state index is 0.211. The molecule has 0 saturated carbocycles. The second-order valence-corrected chi connectivity index (χ2v) is 10.1. The van der Waals surface area contributed by atoms with Gasteiger partial charge in [0.25, 0.3) is 0 Å². The number of carbonyl (C=O) groups is 2. The third kappa shape index (κ3) is 6.69. The minimum atomic E-state index is -0.912. The van der Waals surface area contributed by atoms with Crippen molar-refractivity contribution in [2.24, 2.45) is 17.6 Å². The molecule has 4 N–H and O–H groups in total. The normalized spacial score (nSPS) is 12.0. The van der Waals surface area contributed by atoms with E-state index in [0.29, 0.717) is 33.1 Å². The third-order valence-corrected chi connectivity index (χ3v) is 6.83. The lowest BCUT2D eigenvalue weighted by Gasteiger charge is -2.13. The number of halogens is 2. The highest BCUT2D eigenvalue weighted by molar-refractivity contribution is 7.16. The molecule has 0 saturated heterocycles. The maximum Gasteiger partial charge on any atom is 0.308 e. The van der Waals surface area contributed by atoms with Gasteiger partial charge < -0.3 is 16.2 Å². The van der Waals surface area contributed by atoms with Crippen molar-refractivity contribution in [3.63, 3.8) is 0 Å². The summed E-state index contributed by atoms with van der Waals surface area (Å²) < 4.78 is 0. The smallest absolute Gasteiger partial charge is 0.308 e. The minimum Gasteiger partial charge on any atom is -0.481 e. The van der Waals surface area contributed by atoms with Crippen LogP contribution in [0.15, 0.2) is 42.5 Å². The molecule has 6 nitrogen and oxygen atoms in total. The molecule has 0 spiro atoms. The van der Waals surface area contributed by atoms with Gasteiger partial charge in [-0.25, -0.2) is 4.98 Å². The Bertz CT molecular complexity index is 1150. The summed E-state index contributed by atoms with van der Waals surface area (Å²) in [6.07, 6.45) is 1.15. The quantitative estimate of drug-likeness (QED) is 0.324. The summed E-state index contributed by atoms with van der Waals surface area (Å²) in [5.74, 6) is -1.67. The molecule has 1 atom stereocenters. The van der Waals surface area contributed by atoms with Crippen LogP contribution in [-0.4, -0.2) is 28.5 Å². The van der Waals surface area contributed by atoms with E-state index in [9.17, 15) is 14.7 Å². The number of anilines is 1. The first kappa shape index (κ1) is 25.0. The largest absolute Gasteiger partial charge is 0.481 e. The number of primary amides is 1. The van der Waals surface area contributed by atoms with Gasteiger partial charge in [-0.2, -0.15) is 0 Å². The number of benzene rings is 2. The molecule has 0 bridgehead atoms. The number of aliphatic carboxylic acids is 1. The van der Waals surface area contributed by atoms with Gasteiger partial charge in [0.15, 0.2) is 5.13 Å².